The topological polar surface area (TPSA) is 45.1 Å². The summed E-state index contributed by atoms with van der Waals surface area (Å²) < 4.78 is 13.2. The average Bonchev–Trinajstić information content (AvgIpc) is 3.17. The SMILES string of the molecule is C=CCCC(O)CN(Cc1ccc(F)cc1)CC1CC(c2ccc(Cl)cc2)=NO1. The summed E-state index contributed by atoms with van der Waals surface area (Å²) in [5.74, 6) is -0.258. The van der Waals surface area contributed by atoms with Gasteiger partial charge in [-0.05, 0) is 48.2 Å². The summed E-state index contributed by atoms with van der Waals surface area (Å²) >= 11 is 5.96. The molecule has 1 aliphatic rings. The maximum absolute atomic E-state index is 13.2. The maximum atomic E-state index is 13.2. The lowest BCUT2D eigenvalue weighted by Gasteiger charge is -2.27. The largest absolute Gasteiger partial charge is 0.392 e. The van der Waals surface area contributed by atoms with E-state index in [0.29, 0.717) is 37.5 Å². The molecule has 4 nitrogen and oxygen atoms in total. The lowest BCUT2D eigenvalue weighted by Crippen LogP contribution is -2.37. The number of allylic oxidation sites excluding steroid dienone is 1. The molecule has 1 N–H and O–H groups in total. The molecule has 0 aromatic heterocycles. The Labute approximate surface area is 176 Å². The van der Waals surface area contributed by atoms with Gasteiger partial charge in [-0.1, -0.05) is 47.1 Å². The van der Waals surface area contributed by atoms with Crippen LogP contribution in [0.15, 0.2) is 66.3 Å². The van der Waals surface area contributed by atoms with Crippen LogP contribution < -0.4 is 0 Å². The van der Waals surface area contributed by atoms with Crippen LogP contribution in [0, 0.1) is 5.82 Å². The first-order valence-corrected chi connectivity index (χ1v) is 10.2. The van der Waals surface area contributed by atoms with Crippen molar-refractivity contribution in [3.05, 3.63) is 83.2 Å². The minimum absolute atomic E-state index is 0.104. The zero-order valence-corrected chi connectivity index (χ0v) is 17.1. The zero-order valence-electron chi connectivity index (χ0n) is 16.3. The number of halogens is 2. The van der Waals surface area contributed by atoms with Gasteiger partial charge in [0.2, 0.25) is 0 Å². The Kier molecular flexibility index (Phi) is 7.81. The second-order valence-corrected chi connectivity index (χ2v) is 7.75. The van der Waals surface area contributed by atoms with Crippen LogP contribution in [0.4, 0.5) is 4.39 Å². The van der Waals surface area contributed by atoms with E-state index >= 15 is 0 Å². The summed E-state index contributed by atoms with van der Waals surface area (Å²) in [4.78, 5) is 7.79. The molecule has 2 atom stereocenters. The number of aliphatic hydroxyl groups excluding tert-OH is 1. The van der Waals surface area contributed by atoms with Crippen LogP contribution in [0.3, 0.4) is 0 Å². The van der Waals surface area contributed by atoms with Crippen LogP contribution in [0.1, 0.15) is 30.4 Å². The van der Waals surface area contributed by atoms with Crippen molar-refractivity contribution < 1.29 is 14.3 Å². The van der Waals surface area contributed by atoms with Crippen molar-refractivity contribution in [2.45, 2.75) is 38.0 Å². The summed E-state index contributed by atoms with van der Waals surface area (Å²) in [5.41, 5.74) is 2.87. The molecule has 2 aromatic rings. The Morgan fingerprint density at radius 1 is 1.24 bits per heavy atom. The Hall–Kier alpha value is -2.21. The fourth-order valence-electron chi connectivity index (χ4n) is 3.38. The summed E-state index contributed by atoms with van der Waals surface area (Å²) in [5, 5.41) is 15.3. The predicted molar refractivity (Wildman–Crippen MR) is 115 cm³/mol. The Morgan fingerprint density at radius 3 is 2.66 bits per heavy atom. The highest BCUT2D eigenvalue weighted by Crippen LogP contribution is 2.20. The van der Waals surface area contributed by atoms with Crippen LogP contribution in [-0.2, 0) is 11.4 Å². The van der Waals surface area contributed by atoms with E-state index in [2.05, 4.69) is 16.6 Å². The number of hydrogen-bond acceptors (Lipinski definition) is 4. The molecular weight excluding hydrogens is 391 g/mol. The first-order chi connectivity index (χ1) is 14.0. The highest BCUT2D eigenvalue weighted by molar-refractivity contribution is 6.30. The summed E-state index contributed by atoms with van der Waals surface area (Å²) in [6.07, 6.45) is 3.33. The van der Waals surface area contributed by atoms with Gasteiger partial charge in [0.05, 0.1) is 11.8 Å². The Balaban J connectivity index is 1.62. The molecule has 1 heterocycles. The number of benzene rings is 2. The standard InChI is InChI=1S/C23H26ClFN2O2/c1-2-3-4-21(28)15-27(14-17-5-11-20(25)12-6-17)16-22-13-23(26-29-22)18-7-9-19(24)10-8-18/h2,5-12,21-22,28H,1,3-4,13-16H2. The van der Waals surface area contributed by atoms with Crippen LogP contribution in [0.5, 0.6) is 0 Å². The van der Waals surface area contributed by atoms with Crippen LogP contribution in [0.2, 0.25) is 5.02 Å². The van der Waals surface area contributed by atoms with Crippen molar-refractivity contribution in [1.29, 1.82) is 0 Å². The molecule has 0 fully saturated rings. The molecule has 29 heavy (non-hydrogen) atoms. The minimum atomic E-state index is -0.466. The summed E-state index contributed by atoms with van der Waals surface area (Å²) in [6.45, 7) is 5.42. The summed E-state index contributed by atoms with van der Waals surface area (Å²) in [7, 11) is 0. The maximum Gasteiger partial charge on any atom is 0.145 e. The third kappa shape index (κ3) is 6.67. The van der Waals surface area contributed by atoms with E-state index in [-0.39, 0.29) is 11.9 Å². The smallest absolute Gasteiger partial charge is 0.145 e. The number of oxime groups is 1. The molecule has 3 rings (SSSR count). The van der Waals surface area contributed by atoms with Gasteiger partial charge in [0.1, 0.15) is 11.9 Å². The lowest BCUT2D eigenvalue weighted by atomic mass is 10.0. The van der Waals surface area contributed by atoms with Gasteiger partial charge in [0, 0.05) is 31.1 Å². The van der Waals surface area contributed by atoms with Crippen molar-refractivity contribution in [2.24, 2.45) is 5.16 Å². The van der Waals surface area contributed by atoms with Crippen molar-refractivity contribution in [3.63, 3.8) is 0 Å². The molecule has 6 heteroatoms. The first-order valence-electron chi connectivity index (χ1n) is 9.78. The third-order valence-corrected chi connectivity index (χ3v) is 5.12. The highest BCUT2D eigenvalue weighted by atomic mass is 35.5. The van der Waals surface area contributed by atoms with Gasteiger partial charge >= 0.3 is 0 Å². The fraction of sp³-hybridized carbons (Fsp3) is 0.348. The van der Waals surface area contributed by atoms with Crippen LogP contribution in [-0.4, -0.2) is 41.0 Å². The van der Waals surface area contributed by atoms with E-state index in [4.69, 9.17) is 16.4 Å². The molecule has 0 aliphatic carbocycles. The van der Waals surface area contributed by atoms with E-state index in [1.807, 2.05) is 24.3 Å². The molecule has 0 radical (unpaired) electrons. The van der Waals surface area contributed by atoms with Gasteiger partial charge < -0.3 is 9.94 Å². The minimum Gasteiger partial charge on any atom is -0.392 e. The van der Waals surface area contributed by atoms with Gasteiger partial charge in [0.15, 0.2) is 0 Å². The average molecular weight is 417 g/mol. The summed E-state index contributed by atoms with van der Waals surface area (Å²) in [6, 6.07) is 14.0. The number of rotatable bonds is 10. The van der Waals surface area contributed by atoms with Gasteiger partial charge in [-0.15, -0.1) is 6.58 Å². The number of nitrogens with zero attached hydrogens (tertiary/aromatic N) is 2. The monoisotopic (exact) mass is 416 g/mol. The third-order valence-electron chi connectivity index (χ3n) is 4.86. The molecule has 154 valence electrons. The molecular formula is C23H26ClFN2O2. The van der Waals surface area contributed by atoms with Gasteiger partial charge in [-0.3, -0.25) is 4.90 Å². The quantitative estimate of drug-likeness (QED) is 0.566. The van der Waals surface area contributed by atoms with Crippen LogP contribution >= 0.6 is 11.6 Å². The molecule has 1 aliphatic heterocycles. The normalized spacial score (nSPS) is 17.1. The van der Waals surface area contributed by atoms with E-state index < -0.39 is 6.10 Å². The van der Waals surface area contributed by atoms with Crippen molar-refractivity contribution in [1.82, 2.24) is 4.90 Å². The molecule has 0 saturated carbocycles. The van der Waals surface area contributed by atoms with E-state index in [1.54, 1.807) is 18.2 Å². The van der Waals surface area contributed by atoms with Gasteiger partial charge in [-0.25, -0.2) is 4.39 Å². The number of aliphatic hydroxyl groups is 1. The molecule has 0 amide bonds. The van der Waals surface area contributed by atoms with Crippen molar-refractivity contribution in [2.75, 3.05) is 13.1 Å². The van der Waals surface area contributed by atoms with Crippen molar-refractivity contribution >= 4 is 17.3 Å². The first kappa shape index (κ1) is 21.5. The zero-order chi connectivity index (χ0) is 20.6. The Bertz CT molecular complexity index is 824. The second-order valence-electron chi connectivity index (χ2n) is 7.32. The van der Waals surface area contributed by atoms with Crippen molar-refractivity contribution in [3.8, 4) is 0 Å². The van der Waals surface area contributed by atoms with Gasteiger partial charge in [-0.2, -0.15) is 0 Å². The highest BCUT2D eigenvalue weighted by Gasteiger charge is 2.25. The van der Waals surface area contributed by atoms with E-state index in [0.717, 1.165) is 23.3 Å². The molecule has 0 spiro atoms. The van der Waals surface area contributed by atoms with Crippen LogP contribution in [0.25, 0.3) is 0 Å². The second kappa shape index (κ2) is 10.5. The molecule has 2 aromatic carbocycles. The van der Waals surface area contributed by atoms with E-state index in [9.17, 15) is 9.50 Å². The number of hydrogen-bond donors (Lipinski definition) is 1. The fourth-order valence-corrected chi connectivity index (χ4v) is 3.50. The Morgan fingerprint density at radius 2 is 1.97 bits per heavy atom. The molecule has 0 saturated heterocycles. The molecule has 2 unspecified atom stereocenters. The molecule has 0 bridgehead atoms. The van der Waals surface area contributed by atoms with E-state index in [1.165, 1.54) is 12.1 Å². The lowest BCUT2D eigenvalue weighted by molar-refractivity contribution is 0.0308. The predicted octanol–water partition coefficient (Wildman–Crippen LogP) is 4.80. The van der Waals surface area contributed by atoms with Gasteiger partial charge in [0.25, 0.3) is 0 Å².